The summed E-state index contributed by atoms with van der Waals surface area (Å²) in [7, 11) is 0. The molecule has 0 aromatic heterocycles. The number of hydrogen-bond donors (Lipinski definition) is 0. The Balaban J connectivity index is 2.62. The van der Waals surface area contributed by atoms with Gasteiger partial charge >= 0.3 is 0 Å². The minimum absolute atomic E-state index is 0.153. The Morgan fingerprint density at radius 2 is 2.22 bits per heavy atom. The second-order valence-electron chi connectivity index (χ2n) is 2.56. The van der Waals surface area contributed by atoms with Crippen molar-refractivity contribution in [2.24, 2.45) is 0 Å². The van der Waals surface area contributed by atoms with E-state index in [4.69, 9.17) is 4.74 Å². The Labute approximate surface area is 55.2 Å². The van der Waals surface area contributed by atoms with Crippen LogP contribution in [0.1, 0.15) is 27.2 Å². The van der Waals surface area contributed by atoms with Gasteiger partial charge in [-0.15, -0.1) is 0 Å². The zero-order valence-corrected chi connectivity index (χ0v) is 6.10. The minimum atomic E-state index is -0.389. The van der Waals surface area contributed by atoms with Gasteiger partial charge < -0.3 is 4.74 Å². The number of ether oxygens (including phenoxy) is 1. The van der Waals surface area contributed by atoms with Gasteiger partial charge in [-0.25, -0.2) is 0 Å². The topological polar surface area (TPSA) is 29.6 Å². The number of epoxide rings is 1. The van der Waals surface area contributed by atoms with Gasteiger partial charge in [0.1, 0.15) is 0 Å². The molecule has 0 aliphatic carbocycles. The van der Waals surface area contributed by atoms with E-state index in [9.17, 15) is 4.79 Å². The molecule has 1 aliphatic heterocycles. The second-order valence-corrected chi connectivity index (χ2v) is 2.56. The average molecular weight is 128 g/mol. The summed E-state index contributed by atoms with van der Waals surface area (Å²) in [4.78, 5) is 10.8. The van der Waals surface area contributed by atoms with E-state index in [-0.39, 0.29) is 17.5 Å². The van der Waals surface area contributed by atoms with Crippen molar-refractivity contribution >= 4 is 5.78 Å². The van der Waals surface area contributed by atoms with Gasteiger partial charge in [0.2, 0.25) is 0 Å². The number of hydrogen-bond acceptors (Lipinski definition) is 2. The van der Waals surface area contributed by atoms with Crippen molar-refractivity contribution in [2.45, 2.75) is 38.9 Å². The molecule has 0 saturated carbocycles. The van der Waals surface area contributed by atoms with Crippen LogP contribution in [0.3, 0.4) is 0 Å². The molecule has 1 rings (SSSR count). The smallest absolute Gasteiger partial charge is 0.164 e. The Morgan fingerprint density at radius 1 is 1.78 bits per heavy atom. The lowest BCUT2D eigenvalue weighted by Gasteiger charge is -2.01. The molecule has 0 aromatic rings. The van der Waals surface area contributed by atoms with E-state index in [2.05, 4.69) is 0 Å². The van der Waals surface area contributed by atoms with E-state index in [1.807, 2.05) is 13.8 Å². The first-order valence-electron chi connectivity index (χ1n) is 3.32. The SMILES string of the molecule is CCC1(C(C)=O)OC1C. The molecule has 0 amide bonds. The number of Topliss-reactive ketones (excluding diaryl/α,β-unsaturated/α-hetero) is 1. The van der Waals surface area contributed by atoms with Crippen LogP contribution >= 0.6 is 0 Å². The zero-order chi connectivity index (χ0) is 7.07. The standard InChI is InChI=1S/C7H12O2/c1-4-7(5(2)8)6(3)9-7/h6H,4H2,1-3H3. The normalized spacial score (nSPS) is 40.6. The molecule has 0 radical (unpaired) electrons. The lowest BCUT2D eigenvalue weighted by Crippen LogP contribution is -2.22. The fourth-order valence-corrected chi connectivity index (χ4v) is 1.27. The Morgan fingerprint density at radius 3 is 2.22 bits per heavy atom. The molecule has 1 saturated heterocycles. The highest BCUT2D eigenvalue weighted by atomic mass is 16.6. The lowest BCUT2D eigenvalue weighted by atomic mass is 9.99. The van der Waals surface area contributed by atoms with E-state index in [1.54, 1.807) is 6.92 Å². The van der Waals surface area contributed by atoms with Gasteiger partial charge in [0.25, 0.3) is 0 Å². The van der Waals surface area contributed by atoms with Gasteiger partial charge in [0.15, 0.2) is 11.4 Å². The van der Waals surface area contributed by atoms with Crippen molar-refractivity contribution in [3.05, 3.63) is 0 Å². The molecule has 52 valence electrons. The first-order valence-corrected chi connectivity index (χ1v) is 3.32. The van der Waals surface area contributed by atoms with Crippen LogP contribution in [0.15, 0.2) is 0 Å². The van der Waals surface area contributed by atoms with Crippen LogP contribution < -0.4 is 0 Å². The number of rotatable bonds is 2. The predicted octanol–water partition coefficient (Wildman–Crippen LogP) is 1.14. The summed E-state index contributed by atoms with van der Waals surface area (Å²) in [5.74, 6) is 0.164. The molecule has 0 N–H and O–H groups in total. The van der Waals surface area contributed by atoms with E-state index in [0.717, 1.165) is 6.42 Å². The molecular weight excluding hydrogens is 116 g/mol. The number of ketones is 1. The highest BCUT2D eigenvalue weighted by Crippen LogP contribution is 2.39. The van der Waals surface area contributed by atoms with Crippen molar-refractivity contribution in [2.75, 3.05) is 0 Å². The predicted molar refractivity (Wildman–Crippen MR) is 34.2 cm³/mol. The summed E-state index contributed by atoms with van der Waals surface area (Å²) in [6.07, 6.45) is 0.962. The van der Waals surface area contributed by atoms with E-state index in [1.165, 1.54) is 0 Å². The maximum atomic E-state index is 10.8. The first kappa shape index (κ1) is 6.75. The summed E-state index contributed by atoms with van der Waals surface area (Å²) in [5.41, 5.74) is -0.389. The van der Waals surface area contributed by atoms with Gasteiger partial charge in [-0.3, -0.25) is 4.79 Å². The van der Waals surface area contributed by atoms with Gasteiger partial charge in [-0.2, -0.15) is 0 Å². The maximum absolute atomic E-state index is 10.8. The first-order chi connectivity index (χ1) is 4.13. The number of carbonyl (C=O) groups is 1. The van der Waals surface area contributed by atoms with Crippen LogP contribution in [-0.2, 0) is 9.53 Å². The molecule has 1 heterocycles. The molecular formula is C7H12O2. The van der Waals surface area contributed by atoms with E-state index < -0.39 is 0 Å². The third-order valence-electron chi connectivity index (χ3n) is 2.11. The molecule has 1 fully saturated rings. The van der Waals surface area contributed by atoms with Gasteiger partial charge in [-0.05, 0) is 20.3 Å². The van der Waals surface area contributed by atoms with Crippen molar-refractivity contribution in [3.8, 4) is 0 Å². The highest BCUT2D eigenvalue weighted by Gasteiger charge is 2.55. The third kappa shape index (κ3) is 0.778. The van der Waals surface area contributed by atoms with Gasteiger partial charge in [0, 0.05) is 0 Å². The summed E-state index contributed by atoms with van der Waals surface area (Å²) in [5, 5.41) is 0. The summed E-state index contributed by atoms with van der Waals surface area (Å²) in [6.45, 7) is 5.50. The minimum Gasteiger partial charge on any atom is -0.358 e. The maximum Gasteiger partial charge on any atom is 0.164 e. The largest absolute Gasteiger partial charge is 0.358 e. The monoisotopic (exact) mass is 128 g/mol. The fourth-order valence-electron chi connectivity index (χ4n) is 1.27. The Kier molecular flexibility index (Phi) is 1.35. The second kappa shape index (κ2) is 1.81. The summed E-state index contributed by atoms with van der Waals surface area (Å²) in [6, 6.07) is 0. The van der Waals surface area contributed by atoms with Crippen LogP contribution in [-0.4, -0.2) is 17.5 Å². The van der Waals surface area contributed by atoms with Crippen molar-refractivity contribution in [1.29, 1.82) is 0 Å². The zero-order valence-electron chi connectivity index (χ0n) is 6.10. The molecule has 0 spiro atoms. The van der Waals surface area contributed by atoms with Gasteiger partial charge in [-0.1, -0.05) is 6.92 Å². The molecule has 2 nitrogen and oxygen atoms in total. The highest BCUT2D eigenvalue weighted by molar-refractivity contribution is 5.88. The number of carbonyl (C=O) groups excluding carboxylic acids is 1. The van der Waals surface area contributed by atoms with Crippen LogP contribution in [0, 0.1) is 0 Å². The van der Waals surface area contributed by atoms with Crippen LogP contribution in [0.5, 0.6) is 0 Å². The molecule has 9 heavy (non-hydrogen) atoms. The van der Waals surface area contributed by atoms with Crippen LogP contribution in [0.2, 0.25) is 0 Å². The molecule has 2 atom stereocenters. The third-order valence-corrected chi connectivity index (χ3v) is 2.11. The van der Waals surface area contributed by atoms with Gasteiger partial charge in [0.05, 0.1) is 6.10 Å². The lowest BCUT2D eigenvalue weighted by molar-refractivity contribution is -0.122. The Bertz CT molecular complexity index is 138. The quantitative estimate of drug-likeness (QED) is 0.522. The van der Waals surface area contributed by atoms with Crippen LogP contribution in [0.25, 0.3) is 0 Å². The molecule has 0 bridgehead atoms. The Hall–Kier alpha value is -0.370. The van der Waals surface area contributed by atoms with E-state index >= 15 is 0 Å². The molecule has 2 heteroatoms. The van der Waals surface area contributed by atoms with Crippen molar-refractivity contribution in [1.82, 2.24) is 0 Å². The van der Waals surface area contributed by atoms with Crippen LogP contribution in [0.4, 0.5) is 0 Å². The molecule has 2 unspecified atom stereocenters. The summed E-state index contributed by atoms with van der Waals surface area (Å²) >= 11 is 0. The average Bonchev–Trinajstić information content (AvgIpc) is 2.43. The van der Waals surface area contributed by atoms with Crippen molar-refractivity contribution in [3.63, 3.8) is 0 Å². The van der Waals surface area contributed by atoms with Crippen molar-refractivity contribution < 1.29 is 9.53 Å². The van der Waals surface area contributed by atoms with E-state index in [0.29, 0.717) is 0 Å². The molecule has 0 aromatic carbocycles. The summed E-state index contributed by atoms with van der Waals surface area (Å²) < 4.78 is 5.17. The molecule has 1 aliphatic rings. The fraction of sp³-hybridized carbons (Fsp3) is 0.857.